The minimum absolute atomic E-state index is 0.257. The highest BCUT2D eigenvalue weighted by atomic mass is 16.6. The Morgan fingerprint density at radius 1 is 1.41 bits per heavy atom. The lowest BCUT2D eigenvalue weighted by Gasteiger charge is -2.36. The van der Waals surface area contributed by atoms with Crippen LogP contribution in [0.4, 0.5) is 0 Å². The third-order valence-corrected chi connectivity index (χ3v) is 4.50. The predicted molar refractivity (Wildman–Crippen MR) is 79.9 cm³/mol. The molecule has 0 amide bonds. The van der Waals surface area contributed by atoms with Crippen molar-refractivity contribution in [3.8, 4) is 0 Å². The summed E-state index contributed by atoms with van der Waals surface area (Å²) in [7, 11) is 3.80. The highest BCUT2D eigenvalue weighted by molar-refractivity contribution is 6.47. The fourth-order valence-corrected chi connectivity index (χ4v) is 2.84. The first-order chi connectivity index (χ1) is 10.4. The second-order valence-corrected chi connectivity index (χ2v) is 5.96. The van der Waals surface area contributed by atoms with E-state index < -0.39 is 30.2 Å². The van der Waals surface area contributed by atoms with Crippen molar-refractivity contribution >= 4 is 17.9 Å². The largest absolute Gasteiger partial charge is 0.394 e. The Kier molecular flexibility index (Phi) is 3.77. The van der Waals surface area contributed by atoms with E-state index in [1.54, 1.807) is 4.90 Å². The maximum Gasteiger partial charge on any atom is 0.162 e. The van der Waals surface area contributed by atoms with Gasteiger partial charge >= 0.3 is 0 Å². The topological polar surface area (TPSA) is 113 Å². The minimum atomic E-state index is -1.14. The number of rotatable bonds is 3. The van der Waals surface area contributed by atoms with Crippen LogP contribution in [0.15, 0.2) is 15.0 Å². The van der Waals surface area contributed by atoms with Gasteiger partial charge in [0.05, 0.1) is 6.61 Å². The van der Waals surface area contributed by atoms with Crippen LogP contribution in [0.5, 0.6) is 0 Å². The number of nitrogens with zero attached hydrogens (tertiary/aromatic N) is 5. The lowest BCUT2D eigenvalue weighted by atomic mass is 10.0. The van der Waals surface area contributed by atoms with Crippen LogP contribution in [0.1, 0.15) is 6.92 Å². The Hall–Kier alpha value is -1.39. The Labute approximate surface area is 128 Å². The highest BCUT2D eigenvalue weighted by Crippen LogP contribution is 2.30. The van der Waals surface area contributed by atoms with Crippen molar-refractivity contribution in [1.82, 2.24) is 9.80 Å². The Morgan fingerprint density at radius 3 is 2.73 bits per heavy atom. The summed E-state index contributed by atoms with van der Waals surface area (Å²) in [5.74, 6) is 0.570. The second-order valence-electron chi connectivity index (χ2n) is 5.96. The van der Waals surface area contributed by atoms with E-state index in [1.807, 2.05) is 25.9 Å². The fourth-order valence-electron chi connectivity index (χ4n) is 2.84. The van der Waals surface area contributed by atoms with Crippen LogP contribution in [0.3, 0.4) is 0 Å². The van der Waals surface area contributed by atoms with Gasteiger partial charge in [-0.15, -0.1) is 0 Å². The molecule has 0 bridgehead atoms. The van der Waals surface area contributed by atoms with E-state index in [0.717, 1.165) is 0 Å². The van der Waals surface area contributed by atoms with Crippen molar-refractivity contribution in [2.45, 2.75) is 37.1 Å². The molecule has 0 aromatic heterocycles. The molecule has 3 heterocycles. The SMILES string of the molecule is CN(C)C1(C)N=CN=C2C1=NCN2[C@@H]1O[C@H](CO)[C@@H](O)[C@H]1O. The zero-order valence-corrected chi connectivity index (χ0v) is 12.8. The average molecular weight is 311 g/mol. The summed E-state index contributed by atoms with van der Waals surface area (Å²) in [5.41, 5.74) is 0.0578. The van der Waals surface area contributed by atoms with Gasteiger partial charge in [0, 0.05) is 0 Å². The van der Waals surface area contributed by atoms with Crippen molar-refractivity contribution in [3.05, 3.63) is 0 Å². The number of hydrogen-bond acceptors (Lipinski definition) is 9. The normalized spacial score (nSPS) is 41.0. The van der Waals surface area contributed by atoms with E-state index in [1.165, 1.54) is 6.34 Å². The number of aliphatic hydroxyl groups is 3. The van der Waals surface area contributed by atoms with Gasteiger partial charge in [-0.05, 0) is 21.0 Å². The average Bonchev–Trinajstić information content (AvgIpc) is 3.03. The lowest BCUT2D eigenvalue weighted by Crippen LogP contribution is -2.55. The highest BCUT2D eigenvalue weighted by Gasteiger charge is 2.50. The van der Waals surface area contributed by atoms with Gasteiger partial charge in [0.1, 0.15) is 37.0 Å². The monoisotopic (exact) mass is 311 g/mol. The van der Waals surface area contributed by atoms with Crippen molar-refractivity contribution in [1.29, 1.82) is 0 Å². The fraction of sp³-hybridized carbons (Fsp3) is 0.769. The quantitative estimate of drug-likeness (QED) is 0.548. The molecule has 1 unspecified atom stereocenters. The van der Waals surface area contributed by atoms with Gasteiger partial charge in [-0.2, -0.15) is 0 Å². The van der Waals surface area contributed by atoms with Gasteiger partial charge in [0.15, 0.2) is 17.7 Å². The molecule has 3 aliphatic rings. The molecular formula is C13H21N5O4. The van der Waals surface area contributed by atoms with E-state index >= 15 is 0 Å². The Bertz CT molecular complexity index is 549. The maximum absolute atomic E-state index is 10.2. The Morgan fingerprint density at radius 2 is 2.14 bits per heavy atom. The van der Waals surface area contributed by atoms with Crippen LogP contribution in [0, 0.1) is 0 Å². The van der Waals surface area contributed by atoms with E-state index in [2.05, 4.69) is 15.0 Å². The molecule has 22 heavy (non-hydrogen) atoms. The number of amidine groups is 1. The van der Waals surface area contributed by atoms with E-state index in [-0.39, 0.29) is 13.3 Å². The number of hydrogen-bond donors (Lipinski definition) is 3. The van der Waals surface area contributed by atoms with Gasteiger partial charge in [0.25, 0.3) is 0 Å². The van der Waals surface area contributed by atoms with Crippen molar-refractivity contribution in [2.75, 3.05) is 27.4 Å². The predicted octanol–water partition coefficient (Wildman–Crippen LogP) is -2.14. The molecule has 5 atom stereocenters. The van der Waals surface area contributed by atoms with Crippen LogP contribution < -0.4 is 0 Å². The third-order valence-electron chi connectivity index (χ3n) is 4.50. The van der Waals surface area contributed by atoms with Crippen molar-refractivity contribution in [3.63, 3.8) is 0 Å². The molecule has 3 N–H and O–H groups in total. The van der Waals surface area contributed by atoms with E-state index in [4.69, 9.17) is 4.74 Å². The number of aliphatic hydroxyl groups excluding tert-OH is 3. The number of ether oxygens (including phenoxy) is 1. The lowest BCUT2D eigenvalue weighted by molar-refractivity contribution is -0.0688. The van der Waals surface area contributed by atoms with Gasteiger partial charge in [-0.25, -0.2) is 9.98 Å². The summed E-state index contributed by atoms with van der Waals surface area (Å²) in [6, 6.07) is 0. The molecule has 1 saturated heterocycles. The van der Waals surface area contributed by atoms with E-state index in [0.29, 0.717) is 11.5 Å². The number of fused-ring (bicyclic) bond motifs is 1. The zero-order valence-electron chi connectivity index (χ0n) is 12.8. The summed E-state index contributed by atoms with van der Waals surface area (Å²) >= 11 is 0. The second kappa shape index (κ2) is 5.36. The van der Waals surface area contributed by atoms with Crippen LogP contribution in [0.2, 0.25) is 0 Å². The first kappa shape index (κ1) is 15.5. The summed E-state index contributed by atoms with van der Waals surface area (Å²) in [5, 5.41) is 29.3. The summed E-state index contributed by atoms with van der Waals surface area (Å²) in [4.78, 5) is 16.8. The first-order valence-corrected chi connectivity index (χ1v) is 7.13. The summed E-state index contributed by atoms with van der Waals surface area (Å²) < 4.78 is 5.56. The molecule has 122 valence electrons. The molecule has 1 fully saturated rings. The first-order valence-electron chi connectivity index (χ1n) is 7.13. The molecule has 0 spiro atoms. The molecule has 3 aliphatic heterocycles. The van der Waals surface area contributed by atoms with Gasteiger partial charge < -0.3 is 25.0 Å². The van der Waals surface area contributed by atoms with Crippen LogP contribution in [0.25, 0.3) is 0 Å². The van der Waals surface area contributed by atoms with Crippen molar-refractivity contribution < 1.29 is 20.1 Å². The molecule has 0 aromatic rings. The standard InChI is InChI=1S/C13H21N5O4/c1-13(17(2)3)10-11(14-5-16-13)18(6-15-10)12-9(21)8(20)7(4-19)22-12/h5,7-9,12,19-21H,4,6H2,1-3H3/t7-,8-,9-,12-,13?/m1/s1. The molecule has 0 saturated carbocycles. The molecule has 0 aliphatic carbocycles. The van der Waals surface area contributed by atoms with Gasteiger partial charge in [-0.1, -0.05) is 0 Å². The van der Waals surface area contributed by atoms with E-state index in [9.17, 15) is 15.3 Å². The smallest absolute Gasteiger partial charge is 0.162 e. The van der Waals surface area contributed by atoms with Gasteiger partial charge in [-0.3, -0.25) is 9.89 Å². The maximum atomic E-state index is 10.2. The Balaban J connectivity index is 1.86. The van der Waals surface area contributed by atoms with Crippen LogP contribution in [-0.4, -0.2) is 101 Å². The number of aliphatic imine (C=N–C) groups is 3. The molecular weight excluding hydrogens is 290 g/mol. The molecule has 0 aromatic carbocycles. The van der Waals surface area contributed by atoms with Gasteiger partial charge in [0.2, 0.25) is 0 Å². The summed E-state index contributed by atoms with van der Waals surface area (Å²) in [6.07, 6.45) is -2.43. The van der Waals surface area contributed by atoms with Crippen LogP contribution in [-0.2, 0) is 4.74 Å². The third kappa shape index (κ3) is 2.09. The summed E-state index contributed by atoms with van der Waals surface area (Å²) in [6.45, 7) is 1.82. The zero-order chi connectivity index (χ0) is 16.1. The molecule has 9 heteroatoms. The van der Waals surface area contributed by atoms with Crippen LogP contribution >= 0.6 is 0 Å². The minimum Gasteiger partial charge on any atom is -0.394 e. The van der Waals surface area contributed by atoms with Crippen molar-refractivity contribution in [2.24, 2.45) is 15.0 Å². The molecule has 0 radical (unpaired) electrons. The molecule has 9 nitrogen and oxygen atoms in total. The molecule has 3 rings (SSSR count).